The van der Waals surface area contributed by atoms with Crippen molar-refractivity contribution < 1.29 is 23.4 Å². The monoisotopic (exact) mass is 292 g/mol. The molecule has 1 aliphatic rings. The van der Waals surface area contributed by atoms with E-state index in [1.54, 1.807) is 18.2 Å². The smallest absolute Gasteiger partial charge is 0.130 e. The second kappa shape index (κ2) is 5.33. The first-order valence-corrected chi connectivity index (χ1v) is 6.56. The molecule has 0 aromatic heterocycles. The molecule has 1 unspecified atom stereocenters. The number of hydrogen-bond donors (Lipinski definition) is 1. The number of aliphatic hydroxyl groups excluding tert-OH is 1. The molecular weight excluding hydrogens is 278 g/mol. The summed E-state index contributed by atoms with van der Waals surface area (Å²) >= 11 is 0. The molecule has 1 aliphatic heterocycles. The maximum Gasteiger partial charge on any atom is 0.130 e. The van der Waals surface area contributed by atoms with E-state index in [0.29, 0.717) is 17.1 Å². The van der Waals surface area contributed by atoms with Crippen LogP contribution in [0, 0.1) is 11.6 Å². The summed E-state index contributed by atoms with van der Waals surface area (Å²) in [6.07, 6.45) is -1.39. The molecule has 0 fully saturated rings. The molecular formula is C16H14F2O3. The van der Waals surface area contributed by atoms with Gasteiger partial charge in [0.05, 0.1) is 13.2 Å². The zero-order valence-corrected chi connectivity index (χ0v) is 11.3. The third-order valence-corrected chi connectivity index (χ3v) is 3.59. The third-order valence-electron chi connectivity index (χ3n) is 3.59. The molecule has 21 heavy (non-hydrogen) atoms. The van der Waals surface area contributed by atoms with E-state index in [2.05, 4.69) is 0 Å². The SMILES string of the molecule is COc1ccc2c(c1)[C@@H](O)CC(c1cc(F)ccc1F)O2. The number of ether oxygens (including phenoxy) is 2. The van der Waals surface area contributed by atoms with Crippen LogP contribution in [0.5, 0.6) is 11.5 Å². The number of fused-ring (bicyclic) bond motifs is 1. The van der Waals surface area contributed by atoms with Crippen LogP contribution >= 0.6 is 0 Å². The van der Waals surface area contributed by atoms with Crippen molar-refractivity contribution in [1.82, 2.24) is 0 Å². The highest BCUT2D eigenvalue weighted by Gasteiger charge is 2.30. The average molecular weight is 292 g/mol. The second-order valence-corrected chi connectivity index (χ2v) is 4.93. The molecule has 1 N–H and O–H groups in total. The summed E-state index contributed by atoms with van der Waals surface area (Å²) < 4.78 is 37.9. The van der Waals surface area contributed by atoms with Crippen LogP contribution in [0.25, 0.3) is 0 Å². The summed E-state index contributed by atoms with van der Waals surface area (Å²) in [5.74, 6) is -0.0365. The van der Waals surface area contributed by atoms with Crippen molar-refractivity contribution in [1.29, 1.82) is 0 Å². The lowest BCUT2D eigenvalue weighted by Crippen LogP contribution is -2.20. The van der Waals surface area contributed by atoms with Crippen molar-refractivity contribution in [2.75, 3.05) is 7.11 Å². The molecule has 3 rings (SSSR count). The summed E-state index contributed by atoms with van der Waals surface area (Å²) in [5.41, 5.74) is 0.693. The average Bonchev–Trinajstić information content (AvgIpc) is 2.49. The normalized spacial score (nSPS) is 20.6. The maximum absolute atomic E-state index is 13.8. The number of aliphatic hydroxyl groups is 1. The van der Waals surface area contributed by atoms with Gasteiger partial charge in [-0.15, -0.1) is 0 Å². The van der Waals surface area contributed by atoms with Gasteiger partial charge in [0.1, 0.15) is 29.2 Å². The van der Waals surface area contributed by atoms with E-state index in [1.807, 2.05) is 0 Å². The summed E-state index contributed by atoms with van der Waals surface area (Å²) in [5, 5.41) is 10.2. The van der Waals surface area contributed by atoms with Crippen LogP contribution in [0.1, 0.15) is 29.8 Å². The fraction of sp³-hybridized carbons (Fsp3) is 0.250. The van der Waals surface area contributed by atoms with Crippen molar-refractivity contribution in [3.63, 3.8) is 0 Å². The van der Waals surface area contributed by atoms with Gasteiger partial charge in [0.25, 0.3) is 0 Å². The van der Waals surface area contributed by atoms with E-state index in [4.69, 9.17) is 9.47 Å². The van der Waals surface area contributed by atoms with E-state index >= 15 is 0 Å². The van der Waals surface area contributed by atoms with Gasteiger partial charge < -0.3 is 14.6 Å². The van der Waals surface area contributed by atoms with Crippen LogP contribution in [0.4, 0.5) is 8.78 Å². The van der Waals surface area contributed by atoms with E-state index in [0.717, 1.165) is 18.2 Å². The number of benzene rings is 2. The van der Waals surface area contributed by atoms with Crippen LogP contribution in [0.15, 0.2) is 36.4 Å². The first kappa shape index (κ1) is 13.8. The van der Waals surface area contributed by atoms with Gasteiger partial charge in [0.15, 0.2) is 0 Å². The number of hydrogen-bond acceptors (Lipinski definition) is 3. The highest BCUT2D eigenvalue weighted by Crippen LogP contribution is 2.42. The van der Waals surface area contributed by atoms with Crippen molar-refractivity contribution in [2.24, 2.45) is 0 Å². The molecule has 2 aromatic rings. The zero-order valence-electron chi connectivity index (χ0n) is 11.3. The summed E-state index contributed by atoms with van der Waals surface area (Å²) in [6, 6.07) is 8.23. The Labute approximate surface area is 120 Å². The van der Waals surface area contributed by atoms with Crippen LogP contribution < -0.4 is 9.47 Å². The van der Waals surface area contributed by atoms with Gasteiger partial charge >= 0.3 is 0 Å². The van der Waals surface area contributed by atoms with E-state index in [1.165, 1.54) is 7.11 Å². The molecule has 0 saturated heterocycles. The van der Waals surface area contributed by atoms with Gasteiger partial charge in [-0.25, -0.2) is 8.78 Å². The number of halogens is 2. The minimum absolute atomic E-state index is 0.107. The van der Waals surface area contributed by atoms with Crippen molar-refractivity contribution in [2.45, 2.75) is 18.6 Å². The van der Waals surface area contributed by atoms with Gasteiger partial charge in [-0.05, 0) is 36.4 Å². The molecule has 2 aromatic carbocycles. The van der Waals surface area contributed by atoms with Gasteiger partial charge in [0.2, 0.25) is 0 Å². The molecule has 0 aliphatic carbocycles. The summed E-state index contributed by atoms with van der Waals surface area (Å²) in [4.78, 5) is 0. The Balaban J connectivity index is 1.96. The largest absolute Gasteiger partial charge is 0.497 e. The Bertz CT molecular complexity index is 673. The second-order valence-electron chi connectivity index (χ2n) is 4.93. The third kappa shape index (κ3) is 2.56. The highest BCUT2D eigenvalue weighted by molar-refractivity contribution is 5.43. The minimum atomic E-state index is -0.823. The van der Waals surface area contributed by atoms with Crippen molar-refractivity contribution in [3.05, 3.63) is 59.2 Å². The quantitative estimate of drug-likeness (QED) is 0.920. The lowest BCUT2D eigenvalue weighted by molar-refractivity contribution is 0.0636. The molecule has 0 amide bonds. The van der Waals surface area contributed by atoms with Gasteiger partial charge in [-0.2, -0.15) is 0 Å². The van der Waals surface area contributed by atoms with Gasteiger partial charge in [0, 0.05) is 17.5 Å². The van der Waals surface area contributed by atoms with Crippen LogP contribution in [0.3, 0.4) is 0 Å². The molecule has 0 spiro atoms. The lowest BCUT2D eigenvalue weighted by atomic mass is 9.94. The molecule has 3 nitrogen and oxygen atoms in total. The topological polar surface area (TPSA) is 38.7 Å². The summed E-state index contributed by atoms with van der Waals surface area (Å²) in [6.45, 7) is 0. The molecule has 5 heteroatoms. The van der Waals surface area contributed by atoms with Gasteiger partial charge in [-0.1, -0.05) is 0 Å². The van der Waals surface area contributed by atoms with Crippen LogP contribution in [-0.4, -0.2) is 12.2 Å². The fourth-order valence-corrected chi connectivity index (χ4v) is 2.50. The van der Waals surface area contributed by atoms with Crippen molar-refractivity contribution in [3.8, 4) is 11.5 Å². The van der Waals surface area contributed by atoms with Crippen molar-refractivity contribution >= 4 is 0 Å². The van der Waals surface area contributed by atoms with Crippen LogP contribution in [0.2, 0.25) is 0 Å². The molecule has 1 heterocycles. The maximum atomic E-state index is 13.8. The predicted octanol–water partition coefficient (Wildman–Crippen LogP) is 3.53. The van der Waals surface area contributed by atoms with Crippen LogP contribution in [-0.2, 0) is 0 Å². The molecule has 0 bridgehead atoms. The zero-order chi connectivity index (χ0) is 15.0. The Hall–Kier alpha value is -2.14. The molecule has 0 saturated carbocycles. The Kier molecular flexibility index (Phi) is 3.51. The highest BCUT2D eigenvalue weighted by atomic mass is 19.1. The fourth-order valence-electron chi connectivity index (χ4n) is 2.50. The Morgan fingerprint density at radius 1 is 1.14 bits per heavy atom. The standard InChI is InChI=1S/C16H14F2O3/c1-20-10-3-5-15-12(7-10)14(19)8-16(21-15)11-6-9(17)2-4-13(11)18/h2-7,14,16,19H,8H2,1H3/t14-,16?/m0/s1. The molecule has 0 radical (unpaired) electrons. The Morgan fingerprint density at radius 2 is 1.95 bits per heavy atom. The van der Waals surface area contributed by atoms with E-state index in [9.17, 15) is 13.9 Å². The number of rotatable bonds is 2. The summed E-state index contributed by atoms with van der Waals surface area (Å²) in [7, 11) is 1.53. The first-order valence-electron chi connectivity index (χ1n) is 6.56. The van der Waals surface area contributed by atoms with Gasteiger partial charge in [-0.3, -0.25) is 0 Å². The molecule has 110 valence electrons. The molecule has 2 atom stereocenters. The van der Waals surface area contributed by atoms with E-state index < -0.39 is 23.8 Å². The first-order chi connectivity index (χ1) is 10.1. The Morgan fingerprint density at radius 3 is 2.71 bits per heavy atom. The lowest BCUT2D eigenvalue weighted by Gasteiger charge is -2.30. The van der Waals surface area contributed by atoms with E-state index in [-0.39, 0.29) is 12.0 Å². The minimum Gasteiger partial charge on any atom is -0.497 e. The number of methoxy groups -OCH3 is 1. The predicted molar refractivity (Wildman–Crippen MR) is 72.3 cm³/mol.